The molecule has 2 rings (SSSR count). The van der Waals surface area contributed by atoms with E-state index >= 15 is 0 Å². The molecule has 1 aliphatic carbocycles. The van der Waals surface area contributed by atoms with Gasteiger partial charge in [0.05, 0.1) is 18.8 Å². The molecule has 23 heavy (non-hydrogen) atoms. The summed E-state index contributed by atoms with van der Waals surface area (Å²) in [6, 6.07) is 0. The molecule has 8 N–H and O–H groups in total. The fourth-order valence-electron chi connectivity index (χ4n) is 2.95. The van der Waals surface area contributed by atoms with Crippen molar-refractivity contribution in [3.63, 3.8) is 0 Å². The van der Waals surface area contributed by atoms with Gasteiger partial charge in [0.2, 0.25) is 0 Å². The number of rotatable bonds is 4. The molecular weight excluding hydrogens is 316 g/mol. The van der Waals surface area contributed by atoms with E-state index in [9.17, 15) is 35.7 Å². The summed E-state index contributed by atoms with van der Waals surface area (Å²) in [7, 11) is 0. The molecule has 136 valence electrons. The van der Waals surface area contributed by atoms with Gasteiger partial charge in [0.15, 0.2) is 6.29 Å². The molecule has 2 aliphatic rings. The lowest BCUT2D eigenvalue weighted by Crippen LogP contribution is -2.62. The first-order valence-electron chi connectivity index (χ1n) is 7.42. The van der Waals surface area contributed by atoms with Gasteiger partial charge in [-0.25, -0.2) is 0 Å². The maximum absolute atomic E-state index is 9.96. The molecule has 1 saturated carbocycles. The van der Waals surface area contributed by atoms with Gasteiger partial charge in [0.25, 0.3) is 0 Å². The van der Waals surface area contributed by atoms with Crippen LogP contribution in [0, 0.1) is 5.92 Å². The molecule has 10 nitrogen and oxygen atoms in total. The molecule has 10 heteroatoms. The minimum Gasteiger partial charge on any atom is -0.396 e. The highest BCUT2D eigenvalue weighted by molar-refractivity contribution is 4.95. The third kappa shape index (κ3) is 3.66. The van der Waals surface area contributed by atoms with Crippen molar-refractivity contribution in [2.45, 2.75) is 61.5 Å². The van der Waals surface area contributed by atoms with Crippen LogP contribution in [0.5, 0.6) is 0 Å². The van der Waals surface area contributed by atoms with Gasteiger partial charge in [-0.15, -0.1) is 0 Å². The van der Waals surface area contributed by atoms with E-state index in [1.165, 1.54) is 0 Å². The molecule has 0 radical (unpaired) electrons. The van der Waals surface area contributed by atoms with Crippen molar-refractivity contribution in [1.29, 1.82) is 0 Å². The van der Waals surface area contributed by atoms with E-state index in [2.05, 4.69) is 0 Å². The largest absolute Gasteiger partial charge is 0.396 e. The van der Waals surface area contributed by atoms with E-state index in [-0.39, 0.29) is 6.42 Å². The second kappa shape index (κ2) is 7.66. The lowest BCUT2D eigenvalue weighted by atomic mass is 9.81. The van der Waals surface area contributed by atoms with Crippen LogP contribution in [-0.2, 0) is 9.47 Å². The zero-order chi connectivity index (χ0) is 17.3. The van der Waals surface area contributed by atoms with Crippen LogP contribution in [-0.4, -0.2) is 109 Å². The van der Waals surface area contributed by atoms with Gasteiger partial charge in [-0.2, -0.15) is 0 Å². The Balaban J connectivity index is 2.07. The summed E-state index contributed by atoms with van der Waals surface area (Å²) >= 11 is 0. The Bertz CT molecular complexity index is 344. The summed E-state index contributed by atoms with van der Waals surface area (Å²) in [6.45, 7) is -1.07. The smallest absolute Gasteiger partial charge is 0.187 e. The summed E-state index contributed by atoms with van der Waals surface area (Å²) in [5.74, 6) is -0.747. The first-order valence-corrected chi connectivity index (χ1v) is 7.42. The van der Waals surface area contributed by atoms with Gasteiger partial charge in [0, 0.05) is 12.5 Å². The van der Waals surface area contributed by atoms with E-state index in [1.54, 1.807) is 0 Å². The number of aliphatic hydroxyl groups excluding tert-OH is 8. The highest BCUT2D eigenvalue weighted by atomic mass is 16.7. The zero-order valence-electron chi connectivity index (χ0n) is 12.3. The normalized spacial score (nSPS) is 51.7. The monoisotopic (exact) mass is 340 g/mol. The summed E-state index contributed by atoms with van der Waals surface area (Å²) < 4.78 is 10.5. The fraction of sp³-hybridized carbons (Fsp3) is 1.00. The first-order chi connectivity index (χ1) is 10.8. The zero-order valence-corrected chi connectivity index (χ0v) is 12.3. The van der Waals surface area contributed by atoms with Crippen molar-refractivity contribution in [3.05, 3.63) is 0 Å². The van der Waals surface area contributed by atoms with Crippen LogP contribution in [0.4, 0.5) is 0 Å². The van der Waals surface area contributed by atoms with Crippen LogP contribution in [0.2, 0.25) is 0 Å². The van der Waals surface area contributed by atoms with Gasteiger partial charge in [0.1, 0.15) is 36.6 Å². The van der Waals surface area contributed by atoms with Crippen LogP contribution in [0.25, 0.3) is 0 Å². The van der Waals surface area contributed by atoms with Crippen LogP contribution in [0.1, 0.15) is 6.42 Å². The molecule has 2 fully saturated rings. The second-order valence-electron chi connectivity index (χ2n) is 6.02. The van der Waals surface area contributed by atoms with Crippen molar-refractivity contribution in [2.75, 3.05) is 13.2 Å². The molecule has 1 saturated heterocycles. The summed E-state index contributed by atoms with van der Waals surface area (Å²) in [5.41, 5.74) is 0. The van der Waals surface area contributed by atoms with Crippen molar-refractivity contribution < 1.29 is 50.3 Å². The lowest BCUT2D eigenvalue weighted by molar-refractivity contribution is -0.326. The number of aliphatic hydroxyl groups is 8. The molecule has 0 spiro atoms. The van der Waals surface area contributed by atoms with Crippen LogP contribution >= 0.6 is 0 Å². The van der Waals surface area contributed by atoms with Crippen molar-refractivity contribution in [1.82, 2.24) is 0 Å². The number of hydrogen-bond donors (Lipinski definition) is 8. The standard InChI is InChI=1S/C13H24O10/c14-2-4-1-5(8(17)10(19)7(4)16)22-13-12(21)11(20)9(18)6(3-15)23-13/h4-21H,1-3H2/t4?,5-,6?,7+,8?,9+,10+,11?,12?,13-/m1/s1. The van der Waals surface area contributed by atoms with Gasteiger partial charge in [-0.3, -0.25) is 0 Å². The molecule has 1 heterocycles. The molecule has 0 amide bonds. The molecular formula is C13H24O10. The van der Waals surface area contributed by atoms with E-state index < -0.39 is 74.3 Å². The van der Waals surface area contributed by atoms with Gasteiger partial charge in [-0.1, -0.05) is 0 Å². The molecule has 0 aromatic heterocycles. The maximum atomic E-state index is 9.96. The van der Waals surface area contributed by atoms with Crippen molar-refractivity contribution in [3.8, 4) is 0 Å². The quantitative estimate of drug-likeness (QED) is 0.247. The van der Waals surface area contributed by atoms with E-state index in [0.717, 1.165) is 0 Å². The SMILES string of the molecule is OCC1O[C@@H](O[C@@H]2CC(CO)[C@H](O)[C@H](O)C2O)C(O)C(O)[C@H]1O. The van der Waals surface area contributed by atoms with E-state index in [0.29, 0.717) is 0 Å². The second-order valence-corrected chi connectivity index (χ2v) is 6.02. The fourth-order valence-corrected chi connectivity index (χ4v) is 2.95. The predicted octanol–water partition coefficient (Wildman–Crippen LogP) is -4.73. The Labute approximate surface area is 132 Å². The van der Waals surface area contributed by atoms with Crippen LogP contribution in [0.15, 0.2) is 0 Å². The molecule has 1 aliphatic heterocycles. The predicted molar refractivity (Wildman–Crippen MR) is 71.9 cm³/mol. The maximum Gasteiger partial charge on any atom is 0.187 e. The highest BCUT2D eigenvalue weighted by Gasteiger charge is 2.48. The summed E-state index contributed by atoms with van der Waals surface area (Å²) in [5, 5.41) is 77.1. The first kappa shape index (κ1) is 18.9. The highest BCUT2D eigenvalue weighted by Crippen LogP contribution is 2.31. The lowest BCUT2D eigenvalue weighted by Gasteiger charge is -2.44. The Kier molecular flexibility index (Phi) is 6.30. The third-order valence-corrected chi connectivity index (χ3v) is 4.49. The Hall–Kier alpha value is -0.400. The van der Waals surface area contributed by atoms with Gasteiger partial charge in [-0.05, 0) is 6.42 Å². The van der Waals surface area contributed by atoms with Crippen molar-refractivity contribution >= 4 is 0 Å². The summed E-state index contributed by atoms with van der Waals surface area (Å²) in [4.78, 5) is 0. The third-order valence-electron chi connectivity index (χ3n) is 4.49. The Morgan fingerprint density at radius 1 is 0.739 bits per heavy atom. The number of hydrogen-bond acceptors (Lipinski definition) is 10. The molecule has 0 aromatic rings. The average Bonchev–Trinajstić information content (AvgIpc) is 2.55. The van der Waals surface area contributed by atoms with Gasteiger partial charge < -0.3 is 50.3 Å². The molecule has 0 bridgehead atoms. The molecule has 10 atom stereocenters. The van der Waals surface area contributed by atoms with E-state index in [4.69, 9.17) is 14.6 Å². The molecule has 5 unspecified atom stereocenters. The summed E-state index contributed by atoms with van der Waals surface area (Å²) in [6.07, 6.45) is -12.9. The van der Waals surface area contributed by atoms with Crippen molar-refractivity contribution in [2.24, 2.45) is 5.92 Å². The minimum absolute atomic E-state index is 0.0229. The Morgan fingerprint density at radius 2 is 1.35 bits per heavy atom. The topological polar surface area (TPSA) is 180 Å². The Morgan fingerprint density at radius 3 is 1.91 bits per heavy atom. The minimum atomic E-state index is -1.64. The van der Waals surface area contributed by atoms with Crippen LogP contribution < -0.4 is 0 Å². The average molecular weight is 340 g/mol. The van der Waals surface area contributed by atoms with E-state index in [1.807, 2.05) is 0 Å². The van der Waals surface area contributed by atoms with Crippen LogP contribution in [0.3, 0.4) is 0 Å². The van der Waals surface area contributed by atoms with Gasteiger partial charge >= 0.3 is 0 Å². The number of ether oxygens (including phenoxy) is 2. The molecule has 0 aromatic carbocycles.